The van der Waals surface area contributed by atoms with E-state index in [2.05, 4.69) is 23.7 Å². The Morgan fingerprint density at radius 1 is 1.32 bits per heavy atom. The van der Waals surface area contributed by atoms with Crippen LogP contribution >= 0.6 is 0 Å². The molecule has 0 atom stereocenters. The second kappa shape index (κ2) is 6.99. The van der Waals surface area contributed by atoms with Crippen molar-refractivity contribution in [3.8, 4) is 0 Å². The topological polar surface area (TPSA) is 60.3 Å². The van der Waals surface area contributed by atoms with Gasteiger partial charge < -0.3 is 14.6 Å². The smallest absolute Gasteiger partial charge is 0.340 e. The fraction of sp³-hybridized carbons (Fsp3) is 0.647. The monoisotopic (exact) mass is 308 g/mol. The van der Waals surface area contributed by atoms with Crippen LogP contribution in [0.2, 0.25) is 0 Å². The summed E-state index contributed by atoms with van der Waals surface area (Å²) >= 11 is 0. The molecule has 0 aromatic carbocycles. The molecule has 0 saturated heterocycles. The summed E-state index contributed by atoms with van der Waals surface area (Å²) in [6.07, 6.45) is 0.808. The standard InChI is InChI=1S/C17H28N2O3/c1-8-17(6,7)18-15(20)10-22-16(21)14-9-12(4)19(11(2)3)13(14)5/h9,11H,8,10H2,1-7H3,(H,18,20). The lowest BCUT2D eigenvalue weighted by atomic mass is 10.0. The van der Waals surface area contributed by atoms with Crippen LogP contribution in [0, 0.1) is 13.8 Å². The lowest BCUT2D eigenvalue weighted by Gasteiger charge is -2.24. The molecule has 5 heteroatoms. The molecule has 1 rings (SSSR count). The van der Waals surface area contributed by atoms with E-state index in [1.165, 1.54) is 0 Å². The summed E-state index contributed by atoms with van der Waals surface area (Å²) < 4.78 is 7.23. The van der Waals surface area contributed by atoms with E-state index in [1.807, 2.05) is 40.7 Å². The van der Waals surface area contributed by atoms with Crippen LogP contribution in [0.5, 0.6) is 0 Å². The first-order chi connectivity index (χ1) is 10.1. The first-order valence-corrected chi connectivity index (χ1v) is 7.75. The fourth-order valence-corrected chi connectivity index (χ4v) is 2.49. The van der Waals surface area contributed by atoms with E-state index in [0.29, 0.717) is 5.56 Å². The summed E-state index contributed by atoms with van der Waals surface area (Å²) in [5.41, 5.74) is 2.10. The minimum absolute atomic E-state index is 0.256. The molecular weight excluding hydrogens is 280 g/mol. The quantitative estimate of drug-likeness (QED) is 0.821. The second-order valence-corrected chi connectivity index (χ2v) is 6.61. The van der Waals surface area contributed by atoms with Crippen molar-refractivity contribution < 1.29 is 14.3 Å². The van der Waals surface area contributed by atoms with E-state index in [0.717, 1.165) is 17.8 Å². The Morgan fingerprint density at radius 3 is 2.36 bits per heavy atom. The Bertz CT molecular complexity index is 556. The Hall–Kier alpha value is -1.78. The van der Waals surface area contributed by atoms with Gasteiger partial charge in [0, 0.05) is 23.0 Å². The predicted molar refractivity (Wildman–Crippen MR) is 87.1 cm³/mol. The molecular formula is C17H28N2O3. The predicted octanol–water partition coefficient (Wildman–Crippen LogP) is 3.15. The maximum atomic E-state index is 12.2. The summed E-state index contributed by atoms with van der Waals surface area (Å²) in [6.45, 7) is 13.6. The molecule has 1 N–H and O–H groups in total. The van der Waals surface area contributed by atoms with Crippen LogP contribution in [-0.4, -0.2) is 28.6 Å². The van der Waals surface area contributed by atoms with Crippen molar-refractivity contribution in [2.75, 3.05) is 6.61 Å². The average Bonchev–Trinajstić information content (AvgIpc) is 2.71. The second-order valence-electron chi connectivity index (χ2n) is 6.61. The number of carbonyl (C=O) groups excluding carboxylic acids is 2. The largest absolute Gasteiger partial charge is 0.452 e. The molecule has 0 aliphatic heterocycles. The number of ether oxygens (including phenoxy) is 1. The minimum Gasteiger partial charge on any atom is -0.452 e. The number of nitrogens with zero attached hydrogens (tertiary/aromatic N) is 1. The van der Waals surface area contributed by atoms with Gasteiger partial charge in [0.2, 0.25) is 0 Å². The van der Waals surface area contributed by atoms with Crippen LogP contribution in [0.4, 0.5) is 0 Å². The van der Waals surface area contributed by atoms with E-state index in [4.69, 9.17) is 4.74 Å². The zero-order valence-electron chi connectivity index (χ0n) is 14.7. The molecule has 1 aromatic rings. The third-order valence-electron chi connectivity index (χ3n) is 3.92. The Balaban J connectivity index is 2.71. The number of esters is 1. The van der Waals surface area contributed by atoms with Crippen molar-refractivity contribution in [3.63, 3.8) is 0 Å². The highest BCUT2D eigenvalue weighted by Crippen LogP contribution is 2.20. The number of rotatable bonds is 6. The van der Waals surface area contributed by atoms with E-state index >= 15 is 0 Å². The van der Waals surface area contributed by atoms with Gasteiger partial charge in [0.25, 0.3) is 5.91 Å². The van der Waals surface area contributed by atoms with Crippen LogP contribution in [-0.2, 0) is 9.53 Å². The van der Waals surface area contributed by atoms with Gasteiger partial charge in [-0.05, 0) is 54.0 Å². The zero-order chi connectivity index (χ0) is 17.1. The highest BCUT2D eigenvalue weighted by atomic mass is 16.5. The Morgan fingerprint density at radius 2 is 1.91 bits per heavy atom. The first-order valence-electron chi connectivity index (χ1n) is 7.75. The molecule has 0 radical (unpaired) electrons. The van der Waals surface area contributed by atoms with E-state index in [9.17, 15) is 9.59 Å². The maximum absolute atomic E-state index is 12.2. The first kappa shape index (κ1) is 18.3. The van der Waals surface area contributed by atoms with Crippen molar-refractivity contribution in [1.29, 1.82) is 0 Å². The van der Waals surface area contributed by atoms with Crippen molar-refractivity contribution >= 4 is 11.9 Å². The molecule has 1 heterocycles. The van der Waals surface area contributed by atoms with Gasteiger partial charge in [0.15, 0.2) is 6.61 Å². The number of carbonyl (C=O) groups is 2. The molecule has 0 spiro atoms. The molecule has 0 fully saturated rings. The van der Waals surface area contributed by atoms with E-state index < -0.39 is 5.97 Å². The number of aryl methyl sites for hydroxylation is 1. The fourth-order valence-electron chi connectivity index (χ4n) is 2.49. The van der Waals surface area contributed by atoms with Crippen molar-refractivity contribution in [1.82, 2.24) is 9.88 Å². The zero-order valence-corrected chi connectivity index (χ0v) is 14.7. The third kappa shape index (κ3) is 4.36. The van der Waals surface area contributed by atoms with Crippen LogP contribution in [0.25, 0.3) is 0 Å². The van der Waals surface area contributed by atoms with Gasteiger partial charge in [-0.15, -0.1) is 0 Å². The third-order valence-corrected chi connectivity index (χ3v) is 3.92. The highest BCUT2D eigenvalue weighted by Gasteiger charge is 2.21. The molecule has 0 saturated carbocycles. The van der Waals surface area contributed by atoms with Crippen molar-refractivity contribution in [2.45, 2.75) is 66.5 Å². The summed E-state index contributed by atoms with van der Waals surface area (Å²) in [4.78, 5) is 24.0. The summed E-state index contributed by atoms with van der Waals surface area (Å²) in [5.74, 6) is -0.734. The molecule has 124 valence electrons. The van der Waals surface area contributed by atoms with Crippen LogP contribution in [0.3, 0.4) is 0 Å². The summed E-state index contributed by atoms with van der Waals surface area (Å²) in [6, 6.07) is 2.08. The van der Waals surface area contributed by atoms with Crippen molar-refractivity contribution in [3.05, 3.63) is 23.0 Å². The normalized spacial score (nSPS) is 11.6. The minimum atomic E-state index is -0.454. The number of hydrogen-bond donors (Lipinski definition) is 1. The van der Waals surface area contributed by atoms with Crippen LogP contribution < -0.4 is 5.32 Å². The molecule has 1 aromatic heterocycles. The van der Waals surface area contributed by atoms with Crippen molar-refractivity contribution in [2.24, 2.45) is 0 Å². The van der Waals surface area contributed by atoms with Gasteiger partial charge >= 0.3 is 5.97 Å². The Labute approximate surface area is 133 Å². The lowest BCUT2D eigenvalue weighted by Crippen LogP contribution is -2.44. The molecule has 0 bridgehead atoms. The molecule has 0 aliphatic rings. The average molecular weight is 308 g/mol. The number of amides is 1. The van der Waals surface area contributed by atoms with Gasteiger partial charge in [-0.25, -0.2) is 4.79 Å². The van der Waals surface area contributed by atoms with Crippen LogP contribution in [0.15, 0.2) is 6.07 Å². The van der Waals surface area contributed by atoms with Crippen LogP contribution in [0.1, 0.15) is 68.8 Å². The molecule has 0 aliphatic carbocycles. The maximum Gasteiger partial charge on any atom is 0.340 e. The molecule has 1 amide bonds. The van der Waals surface area contributed by atoms with Gasteiger partial charge in [-0.1, -0.05) is 6.92 Å². The number of hydrogen-bond acceptors (Lipinski definition) is 3. The summed E-state index contributed by atoms with van der Waals surface area (Å²) in [5, 5.41) is 2.84. The molecule has 5 nitrogen and oxygen atoms in total. The van der Waals surface area contributed by atoms with Gasteiger partial charge in [0.1, 0.15) is 0 Å². The highest BCUT2D eigenvalue weighted by molar-refractivity contribution is 5.92. The van der Waals surface area contributed by atoms with E-state index in [-0.39, 0.29) is 24.1 Å². The van der Waals surface area contributed by atoms with Gasteiger partial charge in [0.05, 0.1) is 5.56 Å². The SMILES string of the molecule is CCC(C)(C)NC(=O)COC(=O)c1cc(C)n(C(C)C)c1C. The molecule has 22 heavy (non-hydrogen) atoms. The lowest BCUT2D eigenvalue weighted by molar-refractivity contribution is -0.125. The van der Waals surface area contributed by atoms with Gasteiger partial charge in [-0.2, -0.15) is 0 Å². The summed E-state index contributed by atoms with van der Waals surface area (Å²) in [7, 11) is 0. The van der Waals surface area contributed by atoms with Gasteiger partial charge in [-0.3, -0.25) is 4.79 Å². The number of nitrogens with one attached hydrogen (secondary N) is 1. The molecule has 0 unspecified atom stereocenters. The Kier molecular flexibility index (Phi) is 5.80. The number of aromatic nitrogens is 1. The van der Waals surface area contributed by atoms with E-state index in [1.54, 1.807) is 0 Å².